The van der Waals surface area contributed by atoms with E-state index in [1.807, 2.05) is 13.8 Å². The van der Waals surface area contributed by atoms with Gasteiger partial charge in [0.1, 0.15) is 5.78 Å². The average Bonchev–Trinajstić information content (AvgIpc) is 2.17. The van der Waals surface area contributed by atoms with Gasteiger partial charge < -0.3 is 4.90 Å². The highest BCUT2D eigenvalue weighted by atomic mass is 16.1. The number of nitrogens with zero attached hydrogens (tertiary/aromatic N) is 1. The summed E-state index contributed by atoms with van der Waals surface area (Å²) in [6, 6.07) is 0.688. The third kappa shape index (κ3) is 1.60. The Morgan fingerprint density at radius 2 is 2.07 bits per heavy atom. The summed E-state index contributed by atoms with van der Waals surface area (Å²) in [6.45, 7) is 5.22. The number of fused-ring (bicyclic) bond motifs is 3. The van der Waals surface area contributed by atoms with Crippen molar-refractivity contribution in [3.8, 4) is 0 Å². The Hall–Kier alpha value is -0.370. The minimum atomic E-state index is 0.227. The van der Waals surface area contributed by atoms with Crippen LogP contribution in [0.1, 0.15) is 33.1 Å². The molecule has 0 radical (unpaired) electrons. The Bertz CT molecular complexity index is 236. The normalized spacial score (nSPS) is 37.9. The van der Waals surface area contributed by atoms with Crippen LogP contribution in [0, 0.1) is 17.8 Å². The molecule has 14 heavy (non-hydrogen) atoms. The fraction of sp³-hybridized carbons (Fsp3) is 0.917. The minimum absolute atomic E-state index is 0.227. The molecule has 3 fully saturated rings. The SMILES string of the molecule is CC(C)C(=O)C1CC2CCC1CN2C. The first-order valence-electron chi connectivity index (χ1n) is 5.83. The molecule has 3 aliphatic rings. The Morgan fingerprint density at radius 3 is 2.50 bits per heavy atom. The molecule has 2 heteroatoms. The van der Waals surface area contributed by atoms with Crippen molar-refractivity contribution in [3.63, 3.8) is 0 Å². The topological polar surface area (TPSA) is 20.3 Å². The molecular formula is C12H21NO. The molecule has 2 bridgehead atoms. The van der Waals surface area contributed by atoms with Gasteiger partial charge in [-0.3, -0.25) is 4.79 Å². The predicted molar refractivity (Wildman–Crippen MR) is 57.1 cm³/mol. The van der Waals surface area contributed by atoms with Crippen molar-refractivity contribution < 1.29 is 4.79 Å². The van der Waals surface area contributed by atoms with Gasteiger partial charge >= 0.3 is 0 Å². The number of hydrogen-bond donors (Lipinski definition) is 0. The van der Waals surface area contributed by atoms with Crippen LogP contribution >= 0.6 is 0 Å². The molecule has 0 aromatic heterocycles. The molecule has 0 aromatic carbocycles. The Balaban J connectivity index is 2.07. The lowest BCUT2D eigenvalue weighted by atomic mass is 9.69. The summed E-state index contributed by atoms with van der Waals surface area (Å²) in [5.41, 5.74) is 0. The van der Waals surface area contributed by atoms with Gasteiger partial charge in [-0.1, -0.05) is 13.8 Å². The molecule has 0 N–H and O–H groups in total. The highest BCUT2D eigenvalue weighted by Gasteiger charge is 2.42. The van der Waals surface area contributed by atoms with Crippen molar-refractivity contribution in [2.45, 2.75) is 39.2 Å². The standard InChI is InChI=1S/C12H21NO/c1-8(2)12(14)11-6-10-5-4-9(11)7-13(10)3/h8-11H,4-7H2,1-3H3. The van der Waals surface area contributed by atoms with Crippen molar-refractivity contribution in [2.75, 3.05) is 13.6 Å². The van der Waals surface area contributed by atoms with Crippen molar-refractivity contribution >= 4 is 5.78 Å². The number of carbonyl (C=O) groups is 1. The van der Waals surface area contributed by atoms with E-state index in [9.17, 15) is 4.79 Å². The highest BCUT2D eigenvalue weighted by Crippen LogP contribution is 2.39. The molecule has 2 aliphatic heterocycles. The van der Waals surface area contributed by atoms with Gasteiger partial charge in [0.25, 0.3) is 0 Å². The number of Topliss-reactive ketones (excluding diaryl/α,β-unsaturated/α-hetero) is 1. The van der Waals surface area contributed by atoms with Gasteiger partial charge in [0.15, 0.2) is 0 Å². The number of carbonyl (C=O) groups excluding carboxylic acids is 1. The molecule has 0 aromatic rings. The lowest BCUT2D eigenvalue weighted by Crippen LogP contribution is -2.52. The van der Waals surface area contributed by atoms with Gasteiger partial charge in [-0.25, -0.2) is 0 Å². The molecule has 2 saturated heterocycles. The maximum Gasteiger partial charge on any atom is 0.138 e. The van der Waals surface area contributed by atoms with E-state index in [1.165, 1.54) is 12.8 Å². The largest absolute Gasteiger partial charge is 0.303 e. The number of ketones is 1. The summed E-state index contributed by atoms with van der Waals surface area (Å²) >= 11 is 0. The predicted octanol–water partition coefficient (Wildman–Crippen LogP) is 1.94. The van der Waals surface area contributed by atoms with E-state index in [4.69, 9.17) is 0 Å². The van der Waals surface area contributed by atoms with Crippen LogP contribution in [-0.2, 0) is 4.79 Å². The summed E-state index contributed by atoms with van der Waals surface area (Å²) in [5.74, 6) is 1.77. The lowest BCUT2D eigenvalue weighted by molar-refractivity contribution is -0.132. The summed E-state index contributed by atoms with van der Waals surface area (Å²) in [7, 11) is 2.20. The van der Waals surface area contributed by atoms with Gasteiger partial charge in [0.2, 0.25) is 0 Å². The molecule has 2 heterocycles. The molecule has 0 spiro atoms. The van der Waals surface area contributed by atoms with Crippen molar-refractivity contribution in [3.05, 3.63) is 0 Å². The first kappa shape index (κ1) is 10.2. The molecule has 3 rings (SSSR count). The molecule has 80 valence electrons. The van der Waals surface area contributed by atoms with E-state index in [0.717, 1.165) is 13.0 Å². The van der Waals surface area contributed by atoms with Crippen LogP contribution in [0.4, 0.5) is 0 Å². The number of hydrogen-bond acceptors (Lipinski definition) is 2. The fourth-order valence-electron chi connectivity index (χ4n) is 3.13. The van der Waals surface area contributed by atoms with Crippen LogP contribution in [0.25, 0.3) is 0 Å². The second-order valence-electron chi connectivity index (χ2n) is 5.33. The smallest absolute Gasteiger partial charge is 0.138 e. The minimum Gasteiger partial charge on any atom is -0.303 e. The van der Waals surface area contributed by atoms with E-state index in [0.29, 0.717) is 23.7 Å². The Morgan fingerprint density at radius 1 is 1.36 bits per heavy atom. The molecular weight excluding hydrogens is 174 g/mol. The summed E-state index contributed by atoms with van der Waals surface area (Å²) in [5, 5.41) is 0. The van der Waals surface area contributed by atoms with Crippen LogP contribution in [0.3, 0.4) is 0 Å². The quantitative estimate of drug-likeness (QED) is 0.671. The Labute approximate surface area is 86.7 Å². The molecule has 1 saturated carbocycles. The van der Waals surface area contributed by atoms with Gasteiger partial charge in [-0.15, -0.1) is 0 Å². The van der Waals surface area contributed by atoms with Crippen molar-refractivity contribution in [1.82, 2.24) is 4.90 Å². The molecule has 2 nitrogen and oxygen atoms in total. The molecule has 3 unspecified atom stereocenters. The third-order valence-corrected chi connectivity index (χ3v) is 4.05. The van der Waals surface area contributed by atoms with E-state index >= 15 is 0 Å². The van der Waals surface area contributed by atoms with E-state index < -0.39 is 0 Å². The van der Waals surface area contributed by atoms with Gasteiger partial charge in [-0.2, -0.15) is 0 Å². The second kappa shape index (κ2) is 3.65. The maximum atomic E-state index is 12.0. The van der Waals surface area contributed by atoms with E-state index in [2.05, 4.69) is 11.9 Å². The van der Waals surface area contributed by atoms with Gasteiger partial charge in [0.05, 0.1) is 0 Å². The van der Waals surface area contributed by atoms with Crippen molar-refractivity contribution in [1.29, 1.82) is 0 Å². The Kier molecular flexibility index (Phi) is 2.65. The fourth-order valence-corrected chi connectivity index (χ4v) is 3.13. The van der Waals surface area contributed by atoms with Crippen LogP contribution in [-0.4, -0.2) is 30.3 Å². The van der Waals surface area contributed by atoms with Crippen LogP contribution < -0.4 is 0 Å². The maximum absolute atomic E-state index is 12.0. The summed E-state index contributed by atoms with van der Waals surface area (Å²) in [6.07, 6.45) is 3.71. The van der Waals surface area contributed by atoms with Crippen LogP contribution in [0.2, 0.25) is 0 Å². The molecule has 0 amide bonds. The zero-order valence-corrected chi connectivity index (χ0v) is 9.49. The number of rotatable bonds is 2. The first-order valence-corrected chi connectivity index (χ1v) is 5.83. The zero-order valence-electron chi connectivity index (χ0n) is 9.49. The monoisotopic (exact) mass is 195 g/mol. The second-order valence-corrected chi connectivity index (χ2v) is 5.33. The van der Waals surface area contributed by atoms with Crippen molar-refractivity contribution in [2.24, 2.45) is 17.8 Å². The van der Waals surface area contributed by atoms with Gasteiger partial charge in [-0.05, 0) is 32.2 Å². The lowest BCUT2D eigenvalue weighted by Gasteiger charge is -2.48. The third-order valence-electron chi connectivity index (χ3n) is 4.05. The molecule has 1 aliphatic carbocycles. The van der Waals surface area contributed by atoms with E-state index in [-0.39, 0.29) is 5.92 Å². The van der Waals surface area contributed by atoms with Crippen LogP contribution in [0.15, 0.2) is 0 Å². The molecule has 3 atom stereocenters. The highest BCUT2D eigenvalue weighted by molar-refractivity contribution is 5.83. The number of piperidine rings is 2. The summed E-state index contributed by atoms with van der Waals surface area (Å²) < 4.78 is 0. The van der Waals surface area contributed by atoms with Crippen LogP contribution in [0.5, 0.6) is 0 Å². The van der Waals surface area contributed by atoms with Gasteiger partial charge in [0, 0.05) is 24.4 Å². The summed E-state index contributed by atoms with van der Waals surface area (Å²) in [4.78, 5) is 14.4. The average molecular weight is 195 g/mol. The van der Waals surface area contributed by atoms with E-state index in [1.54, 1.807) is 0 Å². The first-order chi connectivity index (χ1) is 6.59. The zero-order chi connectivity index (χ0) is 10.3.